The number of carbonyl (C=O) groups is 1. The van der Waals surface area contributed by atoms with Crippen LogP contribution in [0.1, 0.15) is 34.1 Å². The number of aromatic nitrogens is 6. The second-order valence-corrected chi connectivity index (χ2v) is 8.10. The van der Waals surface area contributed by atoms with E-state index < -0.39 is 0 Å². The first-order valence-corrected chi connectivity index (χ1v) is 10.4. The van der Waals surface area contributed by atoms with E-state index in [4.69, 9.17) is 4.74 Å². The normalized spacial score (nSPS) is 19.8. The lowest BCUT2D eigenvalue weighted by atomic mass is 10.00. The van der Waals surface area contributed by atoms with Crippen molar-refractivity contribution >= 4 is 11.5 Å². The number of allylic oxidation sites excluding steroid dienone is 1. The van der Waals surface area contributed by atoms with Gasteiger partial charge in [0.15, 0.2) is 17.3 Å². The van der Waals surface area contributed by atoms with E-state index in [2.05, 4.69) is 31.2 Å². The molecule has 2 aliphatic rings. The minimum atomic E-state index is -0.363. The van der Waals surface area contributed by atoms with Crippen LogP contribution in [0, 0.1) is 31.5 Å². The predicted octanol–water partition coefficient (Wildman–Crippen LogP) is 2.39. The molecule has 0 radical (unpaired) electrons. The van der Waals surface area contributed by atoms with Crippen molar-refractivity contribution in [1.82, 2.24) is 34.8 Å². The van der Waals surface area contributed by atoms with Crippen molar-refractivity contribution in [2.24, 2.45) is 11.8 Å². The lowest BCUT2D eigenvalue weighted by Crippen LogP contribution is -2.31. The highest BCUT2D eigenvalue weighted by atomic mass is 19.1. The van der Waals surface area contributed by atoms with Gasteiger partial charge in [0.2, 0.25) is 5.88 Å². The Balaban J connectivity index is 1.39. The van der Waals surface area contributed by atoms with Crippen LogP contribution in [0.5, 0.6) is 5.88 Å². The van der Waals surface area contributed by atoms with Crippen molar-refractivity contribution in [3.8, 4) is 11.6 Å². The summed E-state index contributed by atoms with van der Waals surface area (Å²) < 4.78 is 19.1. The molecule has 4 heterocycles. The Labute approximate surface area is 184 Å². The quantitative estimate of drug-likeness (QED) is 0.620. The van der Waals surface area contributed by atoms with Crippen LogP contribution >= 0.6 is 0 Å². The number of carbonyl (C=O) groups excluding carboxylic acids is 1. The summed E-state index contributed by atoms with van der Waals surface area (Å²) in [4.78, 5) is 29.6. The molecule has 1 fully saturated rings. The Morgan fingerprint density at radius 1 is 1.09 bits per heavy atom. The molecule has 9 nitrogen and oxygen atoms in total. The third kappa shape index (κ3) is 3.41. The molecular weight excluding hydrogens is 413 g/mol. The van der Waals surface area contributed by atoms with Crippen molar-refractivity contribution in [2.75, 3.05) is 20.2 Å². The number of fused-ring (bicyclic) bond motifs is 1. The zero-order valence-corrected chi connectivity index (χ0v) is 18.0. The smallest absolute Gasteiger partial charge is 0.274 e. The monoisotopic (exact) mass is 435 g/mol. The van der Waals surface area contributed by atoms with Crippen molar-refractivity contribution in [1.29, 1.82) is 0 Å². The molecule has 1 aliphatic carbocycles. The van der Waals surface area contributed by atoms with Gasteiger partial charge in [-0.1, -0.05) is 6.08 Å². The first kappa shape index (κ1) is 20.2. The number of ether oxygens (including phenoxy) is 1. The maximum atomic E-state index is 13.9. The van der Waals surface area contributed by atoms with E-state index in [1.807, 2.05) is 0 Å². The highest BCUT2D eigenvalue weighted by Gasteiger charge is 2.40. The van der Waals surface area contributed by atoms with Crippen molar-refractivity contribution in [2.45, 2.75) is 20.3 Å². The lowest BCUT2D eigenvalue weighted by Gasteiger charge is -2.18. The molecule has 2 atom stereocenters. The van der Waals surface area contributed by atoms with E-state index in [1.165, 1.54) is 11.9 Å². The van der Waals surface area contributed by atoms with Crippen LogP contribution in [0.4, 0.5) is 4.39 Å². The molecule has 0 aromatic carbocycles. The Hall–Kier alpha value is -3.69. The molecule has 32 heavy (non-hydrogen) atoms. The summed E-state index contributed by atoms with van der Waals surface area (Å²) in [5, 5.41) is 8.27. The summed E-state index contributed by atoms with van der Waals surface area (Å²) >= 11 is 0. The molecule has 3 aromatic rings. The van der Waals surface area contributed by atoms with Crippen LogP contribution in [0.15, 0.2) is 30.6 Å². The largest absolute Gasteiger partial charge is 0.481 e. The van der Waals surface area contributed by atoms with Gasteiger partial charge in [-0.3, -0.25) is 4.79 Å². The Morgan fingerprint density at radius 3 is 2.47 bits per heavy atom. The molecule has 10 heteroatoms. The van der Waals surface area contributed by atoms with Gasteiger partial charge in [-0.2, -0.15) is 10.2 Å². The van der Waals surface area contributed by atoms with Crippen LogP contribution in [-0.2, 0) is 0 Å². The van der Waals surface area contributed by atoms with E-state index in [9.17, 15) is 9.18 Å². The second kappa shape index (κ2) is 7.77. The zero-order valence-electron chi connectivity index (χ0n) is 18.0. The van der Waals surface area contributed by atoms with Gasteiger partial charge in [-0.15, -0.1) is 4.80 Å². The first-order valence-electron chi connectivity index (χ1n) is 10.4. The SMILES string of the molecule is COc1ccc(-n2nccn2)c(C(=O)N2CC3C=C(c4nc(C)c(F)c(C)n4)CC3C2)n1. The van der Waals surface area contributed by atoms with Gasteiger partial charge >= 0.3 is 0 Å². The second-order valence-electron chi connectivity index (χ2n) is 8.10. The lowest BCUT2D eigenvalue weighted by molar-refractivity contribution is 0.0777. The van der Waals surface area contributed by atoms with Gasteiger partial charge in [-0.05, 0) is 43.7 Å². The maximum Gasteiger partial charge on any atom is 0.274 e. The number of halogens is 1. The van der Waals surface area contributed by atoms with Crippen LogP contribution in [0.3, 0.4) is 0 Å². The van der Waals surface area contributed by atoms with Crippen molar-refractivity contribution in [3.63, 3.8) is 0 Å². The zero-order chi connectivity index (χ0) is 22.4. The third-order valence-corrected chi connectivity index (χ3v) is 6.04. The molecule has 2 unspecified atom stereocenters. The highest BCUT2D eigenvalue weighted by molar-refractivity contribution is 5.96. The predicted molar refractivity (Wildman–Crippen MR) is 113 cm³/mol. The summed E-state index contributed by atoms with van der Waals surface area (Å²) in [6.45, 7) is 4.46. The summed E-state index contributed by atoms with van der Waals surface area (Å²) in [5.74, 6) is 0.836. The Morgan fingerprint density at radius 2 is 1.81 bits per heavy atom. The number of rotatable bonds is 4. The van der Waals surface area contributed by atoms with Gasteiger partial charge < -0.3 is 9.64 Å². The first-order chi connectivity index (χ1) is 15.4. The molecular formula is C22H22FN7O2. The van der Waals surface area contributed by atoms with E-state index in [0.29, 0.717) is 41.9 Å². The average molecular weight is 435 g/mol. The van der Waals surface area contributed by atoms with Crippen molar-refractivity contribution < 1.29 is 13.9 Å². The van der Waals surface area contributed by atoms with Gasteiger partial charge in [0.05, 0.1) is 30.9 Å². The molecule has 1 aliphatic heterocycles. The van der Waals surface area contributed by atoms with Gasteiger partial charge in [0.25, 0.3) is 5.91 Å². The number of hydrogen-bond acceptors (Lipinski definition) is 7. The minimum Gasteiger partial charge on any atom is -0.481 e. The van der Waals surface area contributed by atoms with E-state index in [-0.39, 0.29) is 29.3 Å². The number of pyridine rings is 1. The minimum absolute atomic E-state index is 0.190. The molecule has 0 saturated carbocycles. The van der Waals surface area contributed by atoms with Gasteiger partial charge in [0.1, 0.15) is 5.69 Å². The summed E-state index contributed by atoms with van der Waals surface area (Å²) in [6.07, 6.45) is 5.97. The average Bonchev–Trinajstić information content (AvgIpc) is 3.53. The van der Waals surface area contributed by atoms with E-state index >= 15 is 0 Å². The van der Waals surface area contributed by atoms with E-state index in [1.54, 1.807) is 43.3 Å². The van der Waals surface area contributed by atoms with Crippen LogP contribution in [0.25, 0.3) is 11.3 Å². The molecule has 3 aromatic heterocycles. The fourth-order valence-corrected chi connectivity index (χ4v) is 4.44. The molecule has 5 rings (SSSR count). The van der Waals surface area contributed by atoms with E-state index in [0.717, 1.165) is 12.0 Å². The molecule has 0 bridgehead atoms. The van der Waals surface area contributed by atoms with Crippen molar-refractivity contribution in [3.05, 3.63) is 59.3 Å². The highest BCUT2D eigenvalue weighted by Crippen LogP contribution is 2.40. The standard InChI is InChI=1S/C22H22FN7O2/c1-12-19(23)13(2)27-21(26-12)14-8-15-10-29(11-16(15)9-14)22(31)20-17(30-24-6-7-25-30)4-5-18(28-20)32-3/h4-8,15-16H,9-11H2,1-3H3. The molecule has 0 N–H and O–H groups in total. The number of aryl methyl sites for hydroxylation is 2. The number of hydrogen-bond donors (Lipinski definition) is 0. The topological polar surface area (TPSA) is 98.9 Å². The van der Waals surface area contributed by atoms with Crippen LogP contribution in [0.2, 0.25) is 0 Å². The fourth-order valence-electron chi connectivity index (χ4n) is 4.44. The maximum absolute atomic E-state index is 13.9. The number of methoxy groups -OCH3 is 1. The number of amides is 1. The van der Waals surface area contributed by atoms with Crippen LogP contribution < -0.4 is 4.74 Å². The number of nitrogens with zero attached hydrogens (tertiary/aromatic N) is 7. The Kier molecular flexibility index (Phi) is 4.91. The molecule has 1 saturated heterocycles. The third-order valence-electron chi connectivity index (χ3n) is 6.04. The molecule has 164 valence electrons. The van der Waals surface area contributed by atoms with Gasteiger partial charge in [0, 0.05) is 19.2 Å². The van der Waals surface area contributed by atoms with Crippen LogP contribution in [-0.4, -0.2) is 61.0 Å². The molecule has 1 amide bonds. The fraction of sp³-hybridized carbons (Fsp3) is 0.364. The summed E-state index contributed by atoms with van der Waals surface area (Å²) in [7, 11) is 1.51. The molecule has 0 spiro atoms. The number of likely N-dealkylation sites (tertiary alicyclic amines) is 1. The summed E-state index contributed by atoms with van der Waals surface area (Å²) in [5.41, 5.74) is 2.47. The Bertz CT molecular complexity index is 1200. The van der Waals surface area contributed by atoms with Gasteiger partial charge in [-0.25, -0.2) is 19.3 Å². The summed E-state index contributed by atoms with van der Waals surface area (Å²) in [6, 6.07) is 3.40.